The van der Waals surface area contributed by atoms with Crippen LogP contribution in [0.1, 0.15) is 33.9 Å². The van der Waals surface area contributed by atoms with Crippen molar-refractivity contribution in [1.29, 1.82) is 0 Å². The van der Waals surface area contributed by atoms with Crippen LogP contribution in [0.4, 0.5) is 0 Å². The third-order valence-electron chi connectivity index (χ3n) is 6.28. The minimum absolute atomic E-state index is 0.305. The molecule has 1 aliphatic heterocycles. The van der Waals surface area contributed by atoms with Gasteiger partial charge in [-0.3, -0.25) is 4.98 Å². The van der Waals surface area contributed by atoms with Crippen molar-refractivity contribution in [2.75, 3.05) is 13.6 Å². The van der Waals surface area contributed by atoms with Gasteiger partial charge in [-0.15, -0.1) is 0 Å². The maximum absolute atomic E-state index is 4.24. The predicted octanol–water partition coefficient (Wildman–Crippen LogP) is 5.16. The van der Waals surface area contributed by atoms with Crippen LogP contribution in [0, 0.1) is 6.92 Å². The molecule has 0 saturated carbocycles. The molecule has 1 unspecified atom stereocenters. The molecule has 0 amide bonds. The van der Waals surface area contributed by atoms with Gasteiger partial charge in [-0.1, -0.05) is 42.0 Å². The van der Waals surface area contributed by atoms with Crippen molar-refractivity contribution in [2.45, 2.75) is 32.4 Å². The van der Waals surface area contributed by atoms with Gasteiger partial charge in [0.15, 0.2) is 0 Å². The second-order valence-corrected chi connectivity index (χ2v) is 8.29. The first-order chi connectivity index (χ1) is 14.2. The number of hydrogen-bond donors (Lipinski definition) is 0. The van der Waals surface area contributed by atoms with Gasteiger partial charge in [-0.25, -0.2) is 0 Å². The normalized spacial score (nSPS) is 15.4. The Morgan fingerprint density at radius 1 is 0.966 bits per heavy atom. The summed E-state index contributed by atoms with van der Waals surface area (Å²) in [4.78, 5) is 6.68. The Morgan fingerprint density at radius 3 is 2.52 bits per heavy atom. The molecule has 0 aliphatic carbocycles. The molecule has 3 nitrogen and oxygen atoms in total. The summed E-state index contributed by atoms with van der Waals surface area (Å²) in [5.74, 6) is 0.305. The van der Waals surface area contributed by atoms with E-state index < -0.39 is 0 Å². The Balaban J connectivity index is 1.66. The molecule has 0 fully saturated rings. The van der Waals surface area contributed by atoms with Crippen LogP contribution >= 0.6 is 0 Å². The zero-order valence-electron chi connectivity index (χ0n) is 17.2. The maximum atomic E-state index is 4.24. The summed E-state index contributed by atoms with van der Waals surface area (Å²) in [6, 6.07) is 22.1. The lowest BCUT2D eigenvalue weighted by Crippen LogP contribution is -2.27. The third-order valence-corrected chi connectivity index (χ3v) is 6.28. The molecule has 1 aliphatic rings. The lowest BCUT2D eigenvalue weighted by Gasteiger charge is -2.26. The van der Waals surface area contributed by atoms with Crippen LogP contribution in [0.5, 0.6) is 0 Å². The van der Waals surface area contributed by atoms with Crippen molar-refractivity contribution >= 4 is 10.9 Å². The standard InChI is InChI=1S/C26H27N3/c1-19-8-9-25-22(16-19)24-17-28(2)15-12-26(24)29(25)18-23(20-6-4-3-5-7-20)21-10-13-27-14-11-21/h3-11,13-14,16,23H,12,15,17-18H2,1-2H3. The summed E-state index contributed by atoms with van der Waals surface area (Å²) in [6.45, 7) is 5.30. The first-order valence-electron chi connectivity index (χ1n) is 10.4. The highest BCUT2D eigenvalue weighted by Gasteiger charge is 2.25. The zero-order chi connectivity index (χ0) is 19.8. The molecule has 3 heterocycles. The SMILES string of the molecule is Cc1ccc2c(c1)c1c(n2CC(c2ccccc2)c2ccncc2)CCN(C)C1. The molecule has 0 bridgehead atoms. The average molecular weight is 382 g/mol. The van der Waals surface area contributed by atoms with Gasteiger partial charge in [0.2, 0.25) is 0 Å². The van der Waals surface area contributed by atoms with Crippen LogP contribution in [0.25, 0.3) is 10.9 Å². The fourth-order valence-corrected chi connectivity index (χ4v) is 4.77. The van der Waals surface area contributed by atoms with E-state index in [-0.39, 0.29) is 0 Å². The van der Waals surface area contributed by atoms with Gasteiger partial charge in [0.25, 0.3) is 0 Å². The predicted molar refractivity (Wildman–Crippen MR) is 119 cm³/mol. The first kappa shape index (κ1) is 18.1. The summed E-state index contributed by atoms with van der Waals surface area (Å²) in [7, 11) is 2.23. The van der Waals surface area contributed by atoms with E-state index in [2.05, 4.69) is 89.1 Å². The van der Waals surface area contributed by atoms with Crippen molar-refractivity contribution in [1.82, 2.24) is 14.5 Å². The molecule has 0 N–H and O–H groups in total. The Kier molecular flexibility index (Phi) is 4.69. The van der Waals surface area contributed by atoms with Crippen LogP contribution < -0.4 is 0 Å². The first-order valence-corrected chi connectivity index (χ1v) is 10.4. The monoisotopic (exact) mass is 381 g/mol. The zero-order valence-corrected chi connectivity index (χ0v) is 17.2. The fourth-order valence-electron chi connectivity index (χ4n) is 4.77. The summed E-state index contributed by atoms with van der Waals surface area (Å²) in [6.07, 6.45) is 4.93. The Morgan fingerprint density at radius 2 is 1.72 bits per heavy atom. The highest BCUT2D eigenvalue weighted by Crippen LogP contribution is 2.35. The number of benzene rings is 2. The lowest BCUT2D eigenvalue weighted by molar-refractivity contribution is 0.309. The lowest BCUT2D eigenvalue weighted by atomic mass is 9.91. The number of likely N-dealkylation sites (N-methyl/N-ethyl adjacent to an activating group) is 1. The van der Waals surface area contributed by atoms with Crippen LogP contribution in [-0.4, -0.2) is 28.0 Å². The van der Waals surface area contributed by atoms with Gasteiger partial charge >= 0.3 is 0 Å². The molecule has 0 spiro atoms. The highest BCUT2D eigenvalue weighted by atomic mass is 15.1. The van der Waals surface area contributed by atoms with Gasteiger partial charge in [-0.05, 0) is 54.9 Å². The topological polar surface area (TPSA) is 21.1 Å². The van der Waals surface area contributed by atoms with Crippen LogP contribution in [0.3, 0.4) is 0 Å². The molecule has 5 rings (SSSR count). The summed E-state index contributed by atoms with van der Waals surface area (Å²) in [5.41, 5.74) is 8.40. The summed E-state index contributed by atoms with van der Waals surface area (Å²) >= 11 is 0. The Bertz CT molecular complexity index is 1090. The number of fused-ring (bicyclic) bond motifs is 3. The van der Waals surface area contributed by atoms with E-state index in [1.807, 2.05) is 12.4 Å². The minimum atomic E-state index is 0.305. The smallest absolute Gasteiger partial charge is 0.0486 e. The van der Waals surface area contributed by atoms with Gasteiger partial charge in [0, 0.05) is 61.0 Å². The molecular weight excluding hydrogens is 354 g/mol. The highest BCUT2D eigenvalue weighted by molar-refractivity contribution is 5.86. The Hall–Kier alpha value is -2.91. The van der Waals surface area contributed by atoms with Crippen LogP contribution in [0.15, 0.2) is 73.1 Å². The molecule has 4 aromatic rings. The maximum Gasteiger partial charge on any atom is 0.0486 e. The van der Waals surface area contributed by atoms with E-state index in [9.17, 15) is 0 Å². The Labute approximate surface area is 172 Å². The number of nitrogens with zero attached hydrogens (tertiary/aromatic N) is 3. The van der Waals surface area contributed by atoms with E-state index in [1.165, 1.54) is 38.9 Å². The number of aromatic nitrogens is 2. The molecule has 3 heteroatoms. The summed E-state index contributed by atoms with van der Waals surface area (Å²) < 4.78 is 2.59. The van der Waals surface area contributed by atoms with Gasteiger partial charge in [0.1, 0.15) is 0 Å². The average Bonchev–Trinajstić information content (AvgIpc) is 3.05. The van der Waals surface area contributed by atoms with Crippen molar-refractivity contribution < 1.29 is 0 Å². The van der Waals surface area contributed by atoms with E-state index in [1.54, 1.807) is 0 Å². The molecule has 0 radical (unpaired) electrons. The number of pyridine rings is 1. The van der Waals surface area contributed by atoms with Gasteiger partial charge < -0.3 is 9.47 Å². The minimum Gasteiger partial charge on any atom is -0.343 e. The van der Waals surface area contributed by atoms with Crippen molar-refractivity contribution in [2.24, 2.45) is 0 Å². The molecule has 146 valence electrons. The molecule has 2 aromatic heterocycles. The number of rotatable bonds is 4. The van der Waals surface area contributed by atoms with Crippen molar-refractivity contribution in [3.05, 3.63) is 101 Å². The molecule has 2 aromatic carbocycles. The number of aryl methyl sites for hydroxylation is 1. The second-order valence-electron chi connectivity index (χ2n) is 8.29. The van der Waals surface area contributed by atoms with E-state index in [4.69, 9.17) is 0 Å². The van der Waals surface area contributed by atoms with Crippen LogP contribution in [0.2, 0.25) is 0 Å². The van der Waals surface area contributed by atoms with Crippen LogP contribution in [-0.2, 0) is 19.5 Å². The quantitative estimate of drug-likeness (QED) is 0.487. The van der Waals surface area contributed by atoms with Gasteiger partial charge in [0.05, 0.1) is 0 Å². The van der Waals surface area contributed by atoms with E-state index in [0.29, 0.717) is 5.92 Å². The van der Waals surface area contributed by atoms with E-state index in [0.717, 1.165) is 26.1 Å². The molecule has 1 atom stereocenters. The number of hydrogen-bond acceptors (Lipinski definition) is 2. The molecule has 0 saturated heterocycles. The van der Waals surface area contributed by atoms with Gasteiger partial charge in [-0.2, -0.15) is 0 Å². The third kappa shape index (κ3) is 3.36. The van der Waals surface area contributed by atoms with E-state index >= 15 is 0 Å². The second kappa shape index (κ2) is 7.49. The largest absolute Gasteiger partial charge is 0.343 e. The molecule has 29 heavy (non-hydrogen) atoms. The van der Waals surface area contributed by atoms with Crippen molar-refractivity contribution in [3.8, 4) is 0 Å². The van der Waals surface area contributed by atoms with Crippen molar-refractivity contribution in [3.63, 3.8) is 0 Å². The molecular formula is C26H27N3. The summed E-state index contributed by atoms with van der Waals surface area (Å²) in [5, 5.41) is 1.42. The fraction of sp³-hybridized carbons (Fsp3) is 0.269.